The molecule has 22 heavy (non-hydrogen) atoms. The van der Waals surface area contributed by atoms with Crippen molar-refractivity contribution in [1.29, 1.82) is 0 Å². The zero-order valence-electron chi connectivity index (χ0n) is 11.7. The van der Waals surface area contributed by atoms with Crippen molar-refractivity contribution in [2.45, 2.75) is 0 Å². The van der Waals surface area contributed by atoms with Crippen LogP contribution in [0.2, 0.25) is 0 Å². The van der Waals surface area contributed by atoms with E-state index in [1.807, 2.05) is 24.3 Å². The number of fused-ring (bicyclic) bond motifs is 1. The fraction of sp³-hybridized carbons (Fsp3) is 0. The van der Waals surface area contributed by atoms with Crippen LogP contribution in [0.15, 0.2) is 67.0 Å². The Kier molecular flexibility index (Phi) is 3.09. The molecule has 0 bridgehead atoms. The third kappa shape index (κ3) is 2.23. The van der Waals surface area contributed by atoms with Crippen LogP contribution >= 0.6 is 11.3 Å². The molecule has 0 saturated heterocycles. The largest absolute Gasteiger partial charge is 0.375 e. The van der Waals surface area contributed by atoms with E-state index in [0.717, 1.165) is 21.7 Å². The average molecular weight is 303 g/mol. The monoisotopic (exact) mass is 303 g/mol. The predicted octanol–water partition coefficient (Wildman–Crippen LogP) is 4.61. The van der Waals surface area contributed by atoms with Gasteiger partial charge in [0.05, 0.1) is 10.6 Å². The summed E-state index contributed by atoms with van der Waals surface area (Å²) in [4.78, 5) is 9.69. The Morgan fingerprint density at radius 3 is 2.41 bits per heavy atom. The molecule has 0 unspecified atom stereocenters. The number of pyridine rings is 1. The third-order valence-electron chi connectivity index (χ3n) is 3.61. The van der Waals surface area contributed by atoms with Gasteiger partial charge in [-0.1, -0.05) is 47.7 Å². The molecule has 2 heterocycles. The molecule has 4 rings (SSSR count). The molecule has 2 aromatic heterocycles. The Morgan fingerprint density at radius 2 is 1.59 bits per heavy atom. The van der Waals surface area contributed by atoms with Crippen LogP contribution in [-0.4, -0.2) is 9.97 Å². The summed E-state index contributed by atoms with van der Waals surface area (Å²) >= 11 is 1.51. The third-order valence-corrected chi connectivity index (χ3v) is 4.54. The zero-order chi connectivity index (χ0) is 14.9. The number of nitrogens with zero attached hydrogens (tertiary/aromatic N) is 2. The topological polar surface area (TPSA) is 51.8 Å². The van der Waals surface area contributed by atoms with Crippen molar-refractivity contribution in [3.8, 4) is 21.7 Å². The van der Waals surface area contributed by atoms with Gasteiger partial charge >= 0.3 is 0 Å². The lowest BCUT2D eigenvalue weighted by Gasteiger charge is -2.04. The van der Waals surface area contributed by atoms with Gasteiger partial charge in [0.1, 0.15) is 0 Å². The Morgan fingerprint density at radius 1 is 0.818 bits per heavy atom. The van der Waals surface area contributed by atoms with Crippen LogP contribution in [-0.2, 0) is 0 Å². The van der Waals surface area contributed by atoms with Gasteiger partial charge in [-0.2, -0.15) is 0 Å². The van der Waals surface area contributed by atoms with Gasteiger partial charge in [0, 0.05) is 18.0 Å². The van der Waals surface area contributed by atoms with Gasteiger partial charge in [-0.3, -0.25) is 4.98 Å². The number of aromatic nitrogens is 2. The molecule has 0 saturated carbocycles. The number of thiazole rings is 1. The smallest absolute Gasteiger partial charge is 0.181 e. The lowest BCUT2D eigenvalue weighted by atomic mass is 10.0. The maximum Gasteiger partial charge on any atom is 0.181 e. The van der Waals surface area contributed by atoms with E-state index in [9.17, 15) is 0 Å². The fourth-order valence-corrected chi connectivity index (χ4v) is 3.43. The van der Waals surface area contributed by atoms with E-state index in [4.69, 9.17) is 5.73 Å². The second kappa shape index (κ2) is 5.24. The summed E-state index contributed by atoms with van der Waals surface area (Å²) < 4.78 is 0. The van der Waals surface area contributed by atoms with Gasteiger partial charge in [0.2, 0.25) is 0 Å². The van der Waals surface area contributed by atoms with Crippen molar-refractivity contribution in [3.63, 3.8) is 0 Å². The summed E-state index contributed by atoms with van der Waals surface area (Å²) in [7, 11) is 0. The molecule has 106 valence electrons. The minimum atomic E-state index is 0.579. The summed E-state index contributed by atoms with van der Waals surface area (Å²) in [5.41, 5.74) is 9.06. The summed E-state index contributed by atoms with van der Waals surface area (Å²) in [6.07, 6.45) is 3.57. The average Bonchev–Trinajstić information content (AvgIpc) is 2.97. The molecule has 4 aromatic rings. The van der Waals surface area contributed by atoms with Gasteiger partial charge in [0.15, 0.2) is 5.13 Å². The van der Waals surface area contributed by atoms with Crippen LogP contribution in [0.3, 0.4) is 0 Å². The number of hydrogen-bond donors (Lipinski definition) is 1. The molecule has 0 atom stereocenters. The molecule has 0 amide bonds. The summed E-state index contributed by atoms with van der Waals surface area (Å²) in [6.45, 7) is 0. The first-order valence-corrected chi connectivity index (χ1v) is 7.79. The van der Waals surface area contributed by atoms with Crippen LogP contribution in [0.25, 0.3) is 32.5 Å². The fourth-order valence-electron chi connectivity index (χ4n) is 2.57. The van der Waals surface area contributed by atoms with E-state index in [1.54, 1.807) is 12.4 Å². The van der Waals surface area contributed by atoms with Gasteiger partial charge < -0.3 is 5.73 Å². The van der Waals surface area contributed by atoms with Crippen LogP contribution in [0, 0.1) is 0 Å². The van der Waals surface area contributed by atoms with Crippen molar-refractivity contribution in [2.24, 2.45) is 0 Å². The molecule has 3 nitrogen and oxygen atoms in total. The number of nitrogen functional groups attached to an aromatic ring is 1. The van der Waals surface area contributed by atoms with Crippen LogP contribution < -0.4 is 5.73 Å². The number of rotatable bonds is 2. The Labute approximate surface area is 132 Å². The van der Waals surface area contributed by atoms with E-state index < -0.39 is 0 Å². The van der Waals surface area contributed by atoms with E-state index in [0.29, 0.717) is 5.13 Å². The van der Waals surface area contributed by atoms with E-state index >= 15 is 0 Å². The molecule has 0 aliphatic heterocycles. The second-order valence-corrected chi connectivity index (χ2v) is 6.06. The van der Waals surface area contributed by atoms with Gasteiger partial charge in [-0.05, 0) is 34.5 Å². The first-order chi connectivity index (χ1) is 10.8. The van der Waals surface area contributed by atoms with E-state index in [2.05, 4.69) is 40.3 Å². The number of hydrogen-bond acceptors (Lipinski definition) is 4. The molecule has 0 aliphatic carbocycles. The SMILES string of the molecule is Nc1nc(-c2ccc3ccccc3c2)c(-c2ccncc2)s1. The van der Waals surface area contributed by atoms with Gasteiger partial charge in [-0.15, -0.1) is 0 Å². The summed E-state index contributed by atoms with van der Waals surface area (Å²) in [5.74, 6) is 0. The molecule has 0 spiro atoms. The minimum Gasteiger partial charge on any atom is -0.375 e. The lowest BCUT2D eigenvalue weighted by molar-refractivity contribution is 1.33. The molecule has 2 aromatic carbocycles. The highest BCUT2D eigenvalue weighted by molar-refractivity contribution is 7.19. The minimum absolute atomic E-state index is 0.579. The Bertz CT molecular complexity index is 945. The van der Waals surface area contributed by atoms with Crippen LogP contribution in [0.5, 0.6) is 0 Å². The van der Waals surface area contributed by atoms with Gasteiger partial charge in [0.25, 0.3) is 0 Å². The number of nitrogens with two attached hydrogens (primary N) is 1. The molecule has 0 fully saturated rings. The number of benzene rings is 2. The van der Waals surface area contributed by atoms with Crippen molar-refractivity contribution >= 4 is 27.2 Å². The standard InChI is InChI=1S/C18H13N3S/c19-18-21-16(17(22-18)13-7-9-20-10-8-13)15-6-5-12-3-1-2-4-14(12)11-15/h1-11H,(H2,19,21). The molecule has 0 radical (unpaired) electrons. The zero-order valence-corrected chi connectivity index (χ0v) is 12.5. The number of anilines is 1. The van der Waals surface area contributed by atoms with Crippen molar-refractivity contribution in [1.82, 2.24) is 9.97 Å². The molecule has 0 aliphatic rings. The first kappa shape index (κ1) is 13.0. The highest BCUT2D eigenvalue weighted by Gasteiger charge is 2.13. The summed E-state index contributed by atoms with van der Waals surface area (Å²) in [5, 5.41) is 3.00. The molecule has 2 N–H and O–H groups in total. The predicted molar refractivity (Wildman–Crippen MR) is 92.7 cm³/mol. The maximum atomic E-state index is 5.96. The molecular weight excluding hydrogens is 290 g/mol. The van der Waals surface area contributed by atoms with E-state index in [-0.39, 0.29) is 0 Å². The molecule has 4 heteroatoms. The maximum absolute atomic E-state index is 5.96. The molecular formula is C18H13N3S. The summed E-state index contributed by atoms with van der Waals surface area (Å²) in [6, 6.07) is 18.7. The van der Waals surface area contributed by atoms with Crippen molar-refractivity contribution in [3.05, 3.63) is 67.0 Å². The van der Waals surface area contributed by atoms with Crippen LogP contribution in [0.4, 0.5) is 5.13 Å². The van der Waals surface area contributed by atoms with Crippen molar-refractivity contribution in [2.75, 3.05) is 5.73 Å². The normalized spacial score (nSPS) is 10.9. The highest BCUT2D eigenvalue weighted by atomic mass is 32.1. The van der Waals surface area contributed by atoms with Crippen molar-refractivity contribution < 1.29 is 0 Å². The quantitative estimate of drug-likeness (QED) is 0.588. The Balaban J connectivity index is 1.91. The lowest BCUT2D eigenvalue weighted by Crippen LogP contribution is -1.85. The Hall–Kier alpha value is -2.72. The second-order valence-electron chi connectivity index (χ2n) is 5.03. The van der Waals surface area contributed by atoms with Gasteiger partial charge in [-0.25, -0.2) is 4.98 Å². The first-order valence-electron chi connectivity index (χ1n) is 6.97. The van der Waals surface area contributed by atoms with Crippen LogP contribution in [0.1, 0.15) is 0 Å². The highest BCUT2D eigenvalue weighted by Crippen LogP contribution is 2.38. The van der Waals surface area contributed by atoms with E-state index in [1.165, 1.54) is 22.1 Å².